The summed E-state index contributed by atoms with van der Waals surface area (Å²) in [5.41, 5.74) is 3.10. The second kappa shape index (κ2) is 14.1. The molecular weight excluding hydrogens is 478 g/mol. The minimum Gasteiger partial charge on any atom is -0.490 e. The first-order valence-electron chi connectivity index (χ1n) is 12.5. The zero-order valence-electron chi connectivity index (χ0n) is 21.1. The number of para-hydroxylation sites is 3. The van der Waals surface area contributed by atoms with Crippen LogP contribution in [0, 0.1) is 0 Å². The van der Waals surface area contributed by atoms with Crippen molar-refractivity contribution in [3.63, 3.8) is 0 Å². The molecule has 0 saturated heterocycles. The van der Waals surface area contributed by atoms with Crippen molar-refractivity contribution in [3.8, 4) is 11.5 Å². The van der Waals surface area contributed by atoms with E-state index in [-0.39, 0.29) is 18.4 Å². The Morgan fingerprint density at radius 1 is 0.632 bits per heavy atom. The number of amides is 2. The van der Waals surface area contributed by atoms with Gasteiger partial charge in [0.05, 0.1) is 12.2 Å². The van der Waals surface area contributed by atoms with Crippen molar-refractivity contribution in [2.24, 2.45) is 0 Å². The van der Waals surface area contributed by atoms with Crippen LogP contribution in [0.5, 0.6) is 11.5 Å². The van der Waals surface area contributed by atoms with Gasteiger partial charge in [-0.15, -0.1) is 0 Å². The van der Waals surface area contributed by atoms with Crippen LogP contribution in [-0.4, -0.2) is 31.6 Å². The van der Waals surface area contributed by atoms with Crippen LogP contribution in [0.3, 0.4) is 0 Å². The smallest absolute Gasteiger partial charge is 0.243 e. The summed E-state index contributed by atoms with van der Waals surface area (Å²) in [6.07, 6.45) is 1.07. The molecule has 4 rings (SSSR count). The summed E-state index contributed by atoms with van der Waals surface area (Å²) in [7, 11) is 0. The average molecular weight is 510 g/mol. The van der Waals surface area contributed by atoms with E-state index in [2.05, 4.69) is 16.0 Å². The molecule has 0 heterocycles. The van der Waals surface area contributed by atoms with Crippen LogP contribution in [0.2, 0.25) is 0 Å². The SMILES string of the molecule is O=C(CCc1ccccc1)Nc1cccc(NCC(=O)Nc2ccccc2OCCOc2ccccc2)c1. The van der Waals surface area contributed by atoms with E-state index in [4.69, 9.17) is 9.47 Å². The number of hydrogen-bond donors (Lipinski definition) is 3. The molecule has 4 aromatic carbocycles. The van der Waals surface area contributed by atoms with E-state index in [1.165, 1.54) is 0 Å². The van der Waals surface area contributed by atoms with Gasteiger partial charge in [-0.2, -0.15) is 0 Å². The molecule has 7 heteroatoms. The summed E-state index contributed by atoms with van der Waals surface area (Å²) < 4.78 is 11.5. The predicted molar refractivity (Wildman–Crippen MR) is 151 cm³/mol. The van der Waals surface area contributed by atoms with Crippen molar-refractivity contribution in [2.75, 3.05) is 35.7 Å². The molecule has 0 spiro atoms. The Hall–Kier alpha value is -4.78. The molecule has 4 aromatic rings. The molecule has 0 bridgehead atoms. The highest BCUT2D eigenvalue weighted by molar-refractivity contribution is 5.95. The zero-order chi connectivity index (χ0) is 26.4. The van der Waals surface area contributed by atoms with Crippen molar-refractivity contribution in [1.82, 2.24) is 0 Å². The van der Waals surface area contributed by atoms with Crippen molar-refractivity contribution in [1.29, 1.82) is 0 Å². The monoisotopic (exact) mass is 509 g/mol. The van der Waals surface area contributed by atoms with Crippen LogP contribution in [-0.2, 0) is 16.0 Å². The van der Waals surface area contributed by atoms with Crippen LogP contribution in [0.4, 0.5) is 17.1 Å². The normalized spacial score (nSPS) is 10.3. The van der Waals surface area contributed by atoms with Gasteiger partial charge in [-0.05, 0) is 54.4 Å². The summed E-state index contributed by atoms with van der Waals surface area (Å²) in [5, 5.41) is 8.90. The van der Waals surface area contributed by atoms with Gasteiger partial charge in [0, 0.05) is 17.8 Å². The number of hydrogen-bond acceptors (Lipinski definition) is 5. The maximum absolute atomic E-state index is 12.6. The summed E-state index contributed by atoms with van der Waals surface area (Å²) in [6.45, 7) is 0.772. The number of carbonyl (C=O) groups is 2. The Bertz CT molecular complexity index is 1310. The first-order valence-corrected chi connectivity index (χ1v) is 12.5. The third-order valence-electron chi connectivity index (χ3n) is 5.60. The van der Waals surface area contributed by atoms with Crippen molar-refractivity contribution in [3.05, 3.63) is 115 Å². The van der Waals surface area contributed by atoms with Gasteiger partial charge in [-0.1, -0.05) is 66.7 Å². The molecule has 0 unspecified atom stereocenters. The first kappa shape index (κ1) is 26.3. The molecule has 0 radical (unpaired) electrons. The standard InChI is InChI=1S/C31H31N3O4/c35-30(19-18-24-10-3-1-4-11-24)33-26-13-9-12-25(22-26)32-23-31(36)34-28-16-7-8-17-29(28)38-21-20-37-27-14-5-2-6-15-27/h1-17,22,32H,18-21,23H2,(H,33,35)(H,34,36). The third kappa shape index (κ3) is 8.71. The Kier molecular flexibility index (Phi) is 9.74. The lowest BCUT2D eigenvalue weighted by atomic mass is 10.1. The maximum Gasteiger partial charge on any atom is 0.243 e. The highest BCUT2D eigenvalue weighted by Gasteiger charge is 2.09. The first-order chi connectivity index (χ1) is 18.7. The van der Waals surface area contributed by atoms with E-state index in [0.717, 1.165) is 17.0 Å². The lowest BCUT2D eigenvalue weighted by Crippen LogP contribution is -2.22. The van der Waals surface area contributed by atoms with Crippen molar-refractivity contribution < 1.29 is 19.1 Å². The van der Waals surface area contributed by atoms with Crippen molar-refractivity contribution >= 4 is 28.9 Å². The Morgan fingerprint density at radius 2 is 1.32 bits per heavy atom. The van der Waals surface area contributed by atoms with Crippen LogP contribution in [0.15, 0.2) is 109 Å². The van der Waals surface area contributed by atoms with Crippen LogP contribution in [0.25, 0.3) is 0 Å². The van der Waals surface area contributed by atoms with Gasteiger partial charge in [0.15, 0.2) is 0 Å². The molecule has 0 aromatic heterocycles. The molecule has 7 nitrogen and oxygen atoms in total. The molecule has 0 atom stereocenters. The number of nitrogens with one attached hydrogen (secondary N) is 3. The highest BCUT2D eigenvalue weighted by Crippen LogP contribution is 2.24. The van der Waals surface area contributed by atoms with Gasteiger partial charge in [-0.3, -0.25) is 9.59 Å². The summed E-state index contributed by atoms with van der Waals surface area (Å²) >= 11 is 0. The zero-order valence-corrected chi connectivity index (χ0v) is 21.1. The van der Waals surface area contributed by atoms with Gasteiger partial charge in [0.1, 0.15) is 24.7 Å². The number of aryl methyl sites for hydroxylation is 1. The number of benzene rings is 4. The topological polar surface area (TPSA) is 88.7 Å². The highest BCUT2D eigenvalue weighted by atomic mass is 16.5. The number of rotatable bonds is 13. The van der Waals surface area contributed by atoms with Gasteiger partial charge in [0.2, 0.25) is 11.8 Å². The van der Waals surface area contributed by atoms with E-state index in [1.54, 1.807) is 18.2 Å². The molecule has 0 aliphatic heterocycles. The summed E-state index contributed by atoms with van der Waals surface area (Å²) in [4.78, 5) is 25.0. The molecular formula is C31H31N3O4. The summed E-state index contributed by atoms with van der Waals surface area (Å²) in [6, 6.07) is 34.0. The van der Waals surface area contributed by atoms with Gasteiger partial charge in [-0.25, -0.2) is 0 Å². The van der Waals surface area contributed by atoms with Gasteiger partial charge >= 0.3 is 0 Å². The number of ether oxygens (including phenoxy) is 2. The Balaban J connectivity index is 1.21. The Labute approximate surface area is 222 Å². The van der Waals surface area contributed by atoms with Gasteiger partial charge < -0.3 is 25.4 Å². The molecule has 3 N–H and O–H groups in total. The largest absolute Gasteiger partial charge is 0.490 e. The molecule has 38 heavy (non-hydrogen) atoms. The van der Waals surface area contributed by atoms with E-state index < -0.39 is 0 Å². The molecule has 2 amide bonds. The molecule has 0 fully saturated rings. The molecule has 0 aliphatic rings. The van der Waals surface area contributed by atoms with Gasteiger partial charge in [0.25, 0.3) is 0 Å². The minimum atomic E-state index is -0.223. The van der Waals surface area contributed by atoms with Crippen LogP contribution in [0.1, 0.15) is 12.0 Å². The fraction of sp³-hybridized carbons (Fsp3) is 0.161. The lowest BCUT2D eigenvalue weighted by Gasteiger charge is -2.14. The second-order valence-electron chi connectivity index (χ2n) is 8.52. The number of anilines is 3. The molecule has 0 aliphatic carbocycles. The fourth-order valence-electron chi connectivity index (χ4n) is 3.73. The quantitative estimate of drug-likeness (QED) is 0.199. The van der Waals surface area contributed by atoms with Crippen LogP contribution >= 0.6 is 0 Å². The van der Waals surface area contributed by atoms with E-state index in [9.17, 15) is 9.59 Å². The molecule has 194 valence electrons. The van der Waals surface area contributed by atoms with E-state index in [0.29, 0.717) is 43.2 Å². The lowest BCUT2D eigenvalue weighted by molar-refractivity contribution is -0.116. The fourth-order valence-corrected chi connectivity index (χ4v) is 3.73. The maximum atomic E-state index is 12.6. The molecule has 0 saturated carbocycles. The van der Waals surface area contributed by atoms with Crippen LogP contribution < -0.4 is 25.4 Å². The second-order valence-corrected chi connectivity index (χ2v) is 8.52. The summed E-state index contributed by atoms with van der Waals surface area (Å²) in [5.74, 6) is 1.06. The third-order valence-corrected chi connectivity index (χ3v) is 5.60. The average Bonchev–Trinajstić information content (AvgIpc) is 2.95. The van der Waals surface area contributed by atoms with Crippen molar-refractivity contribution in [2.45, 2.75) is 12.8 Å². The minimum absolute atomic E-state index is 0.0524. The number of carbonyl (C=O) groups excluding carboxylic acids is 2. The Morgan fingerprint density at radius 3 is 2.13 bits per heavy atom. The van der Waals surface area contributed by atoms with E-state index >= 15 is 0 Å². The predicted octanol–water partition coefficient (Wildman–Crippen LogP) is 5.77. The van der Waals surface area contributed by atoms with E-state index in [1.807, 2.05) is 91.0 Å².